The number of halogens is 2. The van der Waals surface area contributed by atoms with E-state index in [-0.39, 0.29) is 36.7 Å². The smallest absolute Gasteiger partial charge is 0.220 e. The van der Waals surface area contributed by atoms with Crippen molar-refractivity contribution in [3.63, 3.8) is 0 Å². The van der Waals surface area contributed by atoms with Crippen LogP contribution < -0.4 is 16.2 Å². The highest BCUT2D eigenvalue weighted by molar-refractivity contribution is 5.91. The number of likely N-dealkylation sites (N-methyl/N-ethyl adjacent to an activating group) is 1. The SMILES string of the molecule is COc1ccc(CCN(C)C(=N)N=C(N)N)cc1.Cl.Cl. The van der Waals surface area contributed by atoms with Gasteiger partial charge in [0.25, 0.3) is 0 Å². The third-order valence-corrected chi connectivity index (χ3v) is 2.49. The highest BCUT2D eigenvalue weighted by Crippen LogP contribution is 2.11. The van der Waals surface area contributed by atoms with Gasteiger partial charge < -0.3 is 21.1 Å². The first kappa shape index (κ1) is 20.7. The van der Waals surface area contributed by atoms with E-state index in [9.17, 15) is 0 Å². The van der Waals surface area contributed by atoms with Crippen molar-refractivity contribution in [1.82, 2.24) is 4.90 Å². The zero-order valence-corrected chi connectivity index (χ0v) is 13.1. The molecule has 5 N–H and O–H groups in total. The summed E-state index contributed by atoms with van der Waals surface area (Å²) < 4.78 is 5.09. The van der Waals surface area contributed by atoms with E-state index in [1.165, 1.54) is 5.56 Å². The van der Waals surface area contributed by atoms with Crippen molar-refractivity contribution >= 4 is 36.7 Å². The Morgan fingerprint density at radius 1 is 1.25 bits per heavy atom. The standard InChI is InChI=1S/C12H19N5O.2ClH/c1-17(12(15)16-11(13)14)8-7-9-3-5-10(18-2)6-4-9;;/h3-6H,7-8H2,1-2H3,(H5,13,14,15,16);2*1H. The van der Waals surface area contributed by atoms with Crippen LogP contribution in [0, 0.1) is 5.41 Å². The molecule has 1 rings (SSSR count). The second kappa shape index (κ2) is 10.2. The van der Waals surface area contributed by atoms with E-state index in [4.69, 9.17) is 21.6 Å². The van der Waals surface area contributed by atoms with Crippen molar-refractivity contribution in [2.24, 2.45) is 16.5 Å². The third-order valence-electron chi connectivity index (χ3n) is 2.49. The van der Waals surface area contributed by atoms with Gasteiger partial charge in [-0.05, 0) is 24.1 Å². The molecule has 0 unspecified atom stereocenters. The molecule has 20 heavy (non-hydrogen) atoms. The van der Waals surface area contributed by atoms with Crippen LogP contribution in [0.25, 0.3) is 0 Å². The quantitative estimate of drug-likeness (QED) is 0.573. The highest BCUT2D eigenvalue weighted by Gasteiger charge is 2.03. The summed E-state index contributed by atoms with van der Waals surface area (Å²) in [4.78, 5) is 5.36. The van der Waals surface area contributed by atoms with E-state index < -0.39 is 0 Å². The van der Waals surface area contributed by atoms with E-state index >= 15 is 0 Å². The van der Waals surface area contributed by atoms with Crippen LogP contribution in [0.1, 0.15) is 5.56 Å². The van der Waals surface area contributed by atoms with Crippen LogP contribution in [-0.4, -0.2) is 37.5 Å². The molecule has 0 radical (unpaired) electrons. The van der Waals surface area contributed by atoms with Gasteiger partial charge in [0.05, 0.1) is 7.11 Å². The van der Waals surface area contributed by atoms with Crippen LogP contribution in [0.4, 0.5) is 0 Å². The molecule has 0 atom stereocenters. The van der Waals surface area contributed by atoms with E-state index in [0.29, 0.717) is 6.54 Å². The first-order chi connectivity index (χ1) is 8.52. The fourth-order valence-electron chi connectivity index (χ4n) is 1.40. The Kier molecular flexibility index (Phi) is 10.5. The van der Waals surface area contributed by atoms with Crippen LogP contribution in [0.3, 0.4) is 0 Å². The minimum absolute atomic E-state index is 0. The summed E-state index contributed by atoms with van der Waals surface area (Å²) in [6.45, 7) is 0.669. The number of rotatable bonds is 4. The summed E-state index contributed by atoms with van der Waals surface area (Å²) in [5.74, 6) is 0.792. The molecule has 0 aliphatic rings. The van der Waals surface area contributed by atoms with Crippen LogP contribution in [0.5, 0.6) is 5.75 Å². The second-order valence-corrected chi connectivity index (χ2v) is 3.88. The molecule has 0 saturated heterocycles. The van der Waals surface area contributed by atoms with E-state index in [2.05, 4.69) is 4.99 Å². The molecule has 0 amide bonds. The zero-order chi connectivity index (χ0) is 13.5. The van der Waals surface area contributed by atoms with Gasteiger partial charge in [-0.3, -0.25) is 5.41 Å². The van der Waals surface area contributed by atoms with Crippen LogP contribution >= 0.6 is 24.8 Å². The van der Waals surface area contributed by atoms with Crippen molar-refractivity contribution in [1.29, 1.82) is 5.41 Å². The third kappa shape index (κ3) is 7.06. The highest BCUT2D eigenvalue weighted by atomic mass is 35.5. The average Bonchev–Trinajstić information content (AvgIpc) is 2.35. The average molecular weight is 322 g/mol. The molecule has 114 valence electrons. The molecule has 1 aromatic carbocycles. The summed E-state index contributed by atoms with van der Waals surface area (Å²) in [6.07, 6.45) is 0.808. The molecule has 0 saturated carbocycles. The summed E-state index contributed by atoms with van der Waals surface area (Å²) >= 11 is 0. The lowest BCUT2D eigenvalue weighted by Gasteiger charge is -2.16. The minimum Gasteiger partial charge on any atom is -0.497 e. The van der Waals surface area contributed by atoms with E-state index in [1.807, 2.05) is 24.3 Å². The van der Waals surface area contributed by atoms with Crippen molar-refractivity contribution in [3.8, 4) is 5.75 Å². The van der Waals surface area contributed by atoms with Crippen LogP contribution in [0.2, 0.25) is 0 Å². The fourth-order valence-corrected chi connectivity index (χ4v) is 1.40. The Morgan fingerprint density at radius 2 is 1.80 bits per heavy atom. The summed E-state index contributed by atoms with van der Waals surface area (Å²) in [5.41, 5.74) is 11.6. The molecule has 0 aliphatic carbocycles. The fraction of sp³-hybridized carbons (Fsp3) is 0.333. The molecule has 1 aromatic rings. The van der Waals surface area contributed by atoms with Gasteiger partial charge in [0.2, 0.25) is 5.96 Å². The Morgan fingerprint density at radius 3 is 2.25 bits per heavy atom. The number of benzene rings is 1. The number of ether oxygens (including phenoxy) is 1. The Bertz CT molecular complexity index is 432. The predicted octanol–water partition coefficient (Wildman–Crippen LogP) is 1.22. The van der Waals surface area contributed by atoms with Crippen molar-refractivity contribution in [3.05, 3.63) is 29.8 Å². The Balaban J connectivity index is 0. The first-order valence-electron chi connectivity index (χ1n) is 5.55. The molecule has 8 heteroatoms. The molecule has 0 aliphatic heterocycles. The number of hydrogen-bond donors (Lipinski definition) is 3. The summed E-state index contributed by atoms with van der Waals surface area (Å²) in [5, 5.41) is 7.61. The zero-order valence-electron chi connectivity index (χ0n) is 11.5. The van der Waals surface area contributed by atoms with Crippen molar-refractivity contribution in [2.45, 2.75) is 6.42 Å². The largest absolute Gasteiger partial charge is 0.497 e. The van der Waals surface area contributed by atoms with Gasteiger partial charge >= 0.3 is 0 Å². The molecule has 0 aromatic heterocycles. The molecule has 0 bridgehead atoms. The van der Waals surface area contributed by atoms with Crippen LogP contribution in [-0.2, 0) is 6.42 Å². The van der Waals surface area contributed by atoms with E-state index in [0.717, 1.165) is 12.2 Å². The monoisotopic (exact) mass is 321 g/mol. The van der Waals surface area contributed by atoms with Crippen LogP contribution in [0.15, 0.2) is 29.3 Å². The normalized spacial score (nSPS) is 8.70. The molecule has 0 spiro atoms. The second-order valence-electron chi connectivity index (χ2n) is 3.88. The first-order valence-corrected chi connectivity index (χ1v) is 5.55. The molecule has 0 heterocycles. The number of methoxy groups -OCH3 is 1. The Hall–Kier alpha value is -1.66. The number of nitrogens with one attached hydrogen (secondary N) is 1. The van der Waals surface area contributed by atoms with Gasteiger partial charge in [-0.15, -0.1) is 24.8 Å². The molecule has 6 nitrogen and oxygen atoms in total. The lowest BCUT2D eigenvalue weighted by Crippen LogP contribution is -2.31. The van der Waals surface area contributed by atoms with Gasteiger partial charge in [0, 0.05) is 13.6 Å². The Labute approximate surface area is 131 Å². The summed E-state index contributed by atoms with van der Waals surface area (Å²) in [7, 11) is 3.41. The maximum absolute atomic E-state index is 7.61. The molecular formula is C12H21Cl2N5O. The summed E-state index contributed by atoms with van der Waals surface area (Å²) in [6, 6.07) is 7.82. The van der Waals surface area contributed by atoms with Crippen molar-refractivity contribution in [2.75, 3.05) is 20.7 Å². The number of aliphatic imine (C=N–C) groups is 1. The van der Waals surface area contributed by atoms with Crippen molar-refractivity contribution < 1.29 is 4.74 Å². The number of hydrogen-bond acceptors (Lipinski definition) is 2. The number of nitrogens with zero attached hydrogens (tertiary/aromatic N) is 2. The lowest BCUT2D eigenvalue weighted by molar-refractivity contribution is 0.414. The minimum atomic E-state index is -0.101. The predicted molar refractivity (Wildman–Crippen MR) is 87.4 cm³/mol. The van der Waals surface area contributed by atoms with E-state index in [1.54, 1.807) is 19.1 Å². The van der Waals surface area contributed by atoms with Gasteiger partial charge in [-0.2, -0.15) is 4.99 Å². The lowest BCUT2D eigenvalue weighted by atomic mass is 10.1. The number of nitrogens with two attached hydrogens (primary N) is 2. The molecule has 0 fully saturated rings. The molecular weight excluding hydrogens is 301 g/mol. The maximum atomic E-state index is 7.61. The maximum Gasteiger partial charge on any atom is 0.220 e. The van der Waals surface area contributed by atoms with Gasteiger partial charge in [-0.25, -0.2) is 0 Å². The van der Waals surface area contributed by atoms with Gasteiger partial charge in [-0.1, -0.05) is 12.1 Å². The van der Waals surface area contributed by atoms with Gasteiger partial charge in [0.15, 0.2) is 5.96 Å². The topological polar surface area (TPSA) is 101 Å². The van der Waals surface area contributed by atoms with Gasteiger partial charge in [0.1, 0.15) is 5.75 Å². The number of guanidine groups is 2.